The van der Waals surface area contributed by atoms with Crippen LogP contribution in [0, 0.1) is 0 Å². The number of pyridine rings is 1. The number of methoxy groups -OCH3 is 1. The zero-order valence-corrected chi connectivity index (χ0v) is 11.6. The van der Waals surface area contributed by atoms with Crippen molar-refractivity contribution >= 4 is 22.6 Å². The Morgan fingerprint density at radius 2 is 2.10 bits per heavy atom. The van der Waals surface area contributed by atoms with Gasteiger partial charge in [0.25, 0.3) is 0 Å². The fourth-order valence-electron chi connectivity index (χ4n) is 2.14. The Balaban J connectivity index is 2.07. The molecule has 0 aliphatic rings. The van der Waals surface area contributed by atoms with Crippen molar-refractivity contribution in [3.8, 4) is 5.88 Å². The highest BCUT2D eigenvalue weighted by Gasteiger charge is 2.19. The van der Waals surface area contributed by atoms with E-state index in [-0.39, 0.29) is 0 Å². The number of ether oxygens (including phenoxy) is 1. The molecular formula is C15H13ClN2O2. The molecule has 0 saturated carbocycles. The molecule has 0 aliphatic carbocycles. The van der Waals surface area contributed by atoms with Gasteiger partial charge in [0.15, 0.2) is 0 Å². The summed E-state index contributed by atoms with van der Waals surface area (Å²) in [7, 11) is 1.55. The van der Waals surface area contributed by atoms with Gasteiger partial charge in [-0.1, -0.05) is 29.8 Å². The minimum absolute atomic E-state index is 0.447. The highest BCUT2D eigenvalue weighted by molar-refractivity contribution is 6.30. The number of nitrogens with zero attached hydrogens (tertiary/aromatic N) is 1. The third-order valence-corrected chi connectivity index (χ3v) is 3.33. The van der Waals surface area contributed by atoms with Crippen molar-refractivity contribution < 1.29 is 9.15 Å². The summed E-state index contributed by atoms with van der Waals surface area (Å²) >= 11 is 5.98. The molecule has 3 rings (SSSR count). The van der Waals surface area contributed by atoms with Gasteiger partial charge < -0.3 is 14.9 Å². The molecule has 3 aromatic rings. The first-order valence-corrected chi connectivity index (χ1v) is 6.50. The van der Waals surface area contributed by atoms with Gasteiger partial charge in [0.05, 0.1) is 18.2 Å². The van der Waals surface area contributed by atoms with Gasteiger partial charge in [-0.15, -0.1) is 0 Å². The van der Waals surface area contributed by atoms with E-state index in [2.05, 4.69) is 4.98 Å². The molecule has 0 aliphatic heterocycles. The zero-order chi connectivity index (χ0) is 14.1. The van der Waals surface area contributed by atoms with Crippen molar-refractivity contribution in [2.45, 2.75) is 6.04 Å². The average molecular weight is 289 g/mol. The highest BCUT2D eigenvalue weighted by atomic mass is 35.5. The van der Waals surface area contributed by atoms with E-state index >= 15 is 0 Å². The van der Waals surface area contributed by atoms with Crippen LogP contribution in [0.1, 0.15) is 17.4 Å². The van der Waals surface area contributed by atoms with E-state index in [1.165, 1.54) is 6.20 Å². The number of furan rings is 1. The minimum atomic E-state index is -0.483. The Morgan fingerprint density at radius 3 is 2.85 bits per heavy atom. The van der Waals surface area contributed by atoms with Crippen molar-refractivity contribution in [2.75, 3.05) is 7.11 Å². The van der Waals surface area contributed by atoms with Crippen molar-refractivity contribution in [2.24, 2.45) is 5.73 Å². The number of halogens is 1. The largest absolute Gasteiger partial charge is 0.481 e. The fraction of sp³-hybridized carbons (Fsp3) is 0.133. The highest BCUT2D eigenvalue weighted by Crippen LogP contribution is 2.31. The van der Waals surface area contributed by atoms with Gasteiger partial charge in [-0.25, -0.2) is 4.98 Å². The van der Waals surface area contributed by atoms with Crippen LogP contribution >= 0.6 is 11.6 Å². The van der Waals surface area contributed by atoms with Crippen molar-refractivity contribution in [1.82, 2.24) is 4.98 Å². The van der Waals surface area contributed by atoms with Crippen LogP contribution in [0.15, 0.2) is 47.0 Å². The maximum atomic E-state index is 6.25. The predicted molar refractivity (Wildman–Crippen MR) is 78.0 cm³/mol. The number of benzene rings is 1. The van der Waals surface area contributed by atoms with Crippen LogP contribution in [-0.2, 0) is 0 Å². The zero-order valence-electron chi connectivity index (χ0n) is 10.8. The van der Waals surface area contributed by atoms with Crippen LogP contribution < -0.4 is 10.5 Å². The summed E-state index contributed by atoms with van der Waals surface area (Å²) in [6, 6.07) is 10.9. The molecule has 5 heteroatoms. The number of hydrogen-bond acceptors (Lipinski definition) is 4. The van der Waals surface area contributed by atoms with Gasteiger partial charge in [0.1, 0.15) is 11.3 Å². The van der Waals surface area contributed by atoms with Crippen LogP contribution in [0.3, 0.4) is 0 Å². The first-order valence-electron chi connectivity index (χ1n) is 6.12. The lowest BCUT2D eigenvalue weighted by molar-refractivity contribution is 0.387. The maximum absolute atomic E-state index is 6.25. The predicted octanol–water partition coefficient (Wildman–Crippen LogP) is 3.54. The standard InChI is InChI=1S/C15H13ClN2O2/c1-19-15-11(7-10(16)8-18-15)14(17)13-6-9-4-2-3-5-12(9)20-13/h2-8,14H,17H2,1H3. The van der Waals surface area contributed by atoms with Crippen LogP contribution in [0.25, 0.3) is 11.0 Å². The Kier molecular flexibility index (Phi) is 3.34. The van der Waals surface area contributed by atoms with Gasteiger partial charge in [0.2, 0.25) is 5.88 Å². The van der Waals surface area contributed by atoms with E-state index in [9.17, 15) is 0 Å². The topological polar surface area (TPSA) is 61.3 Å². The van der Waals surface area contributed by atoms with Gasteiger partial charge in [-0.3, -0.25) is 0 Å². The smallest absolute Gasteiger partial charge is 0.218 e. The van der Waals surface area contributed by atoms with Crippen LogP contribution in [0.4, 0.5) is 0 Å². The van der Waals surface area contributed by atoms with Gasteiger partial charge in [-0.2, -0.15) is 0 Å². The first-order chi connectivity index (χ1) is 9.69. The van der Waals surface area contributed by atoms with Crippen LogP contribution in [-0.4, -0.2) is 12.1 Å². The number of nitrogens with two attached hydrogens (primary N) is 1. The Hall–Kier alpha value is -2.04. The molecule has 0 bridgehead atoms. The summed E-state index contributed by atoms with van der Waals surface area (Å²) in [5.74, 6) is 1.09. The third kappa shape index (κ3) is 2.24. The third-order valence-electron chi connectivity index (χ3n) is 3.12. The van der Waals surface area contributed by atoms with E-state index in [0.717, 1.165) is 11.0 Å². The summed E-state index contributed by atoms with van der Waals surface area (Å²) in [4.78, 5) is 4.12. The van der Waals surface area contributed by atoms with E-state index in [4.69, 9.17) is 26.5 Å². The number of hydrogen-bond donors (Lipinski definition) is 1. The second-order valence-corrected chi connectivity index (χ2v) is 4.85. The molecule has 2 N–H and O–H groups in total. The minimum Gasteiger partial charge on any atom is -0.481 e. The van der Waals surface area contributed by atoms with E-state index < -0.39 is 6.04 Å². The van der Waals surface area contributed by atoms with Gasteiger partial charge >= 0.3 is 0 Å². The molecule has 0 spiro atoms. The molecule has 0 amide bonds. The average Bonchev–Trinajstić information content (AvgIpc) is 2.90. The Bertz CT molecular complexity index is 721. The number of aromatic nitrogens is 1. The maximum Gasteiger partial charge on any atom is 0.218 e. The van der Waals surface area contributed by atoms with E-state index in [1.807, 2.05) is 30.3 Å². The second kappa shape index (κ2) is 5.15. The monoisotopic (exact) mass is 288 g/mol. The van der Waals surface area contributed by atoms with Crippen molar-refractivity contribution in [3.05, 3.63) is 58.9 Å². The summed E-state index contributed by atoms with van der Waals surface area (Å²) in [5.41, 5.74) is 7.74. The summed E-state index contributed by atoms with van der Waals surface area (Å²) in [6.45, 7) is 0. The molecule has 1 aromatic carbocycles. The molecule has 0 fully saturated rings. The first kappa shape index (κ1) is 13.0. The van der Waals surface area contributed by atoms with Crippen molar-refractivity contribution in [3.63, 3.8) is 0 Å². The lowest BCUT2D eigenvalue weighted by Gasteiger charge is -2.12. The Labute approximate surface area is 121 Å². The summed E-state index contributed by atoms with van der Waals surface area (Å²) in [6.07, 6.45) is 1.52. The Morgan fingerprint density at radius 1 is 1.30 bits per heavy atom. The molecule has 20 heavy (non-hydrogen) atoms. The van der Waals surface area contributed by atoms with Crippen LogP contribution in [0.2, 0.25) is 5.02 Å². The summed E-state index contributed by atoms with van der Waals surface area (Å²) in [5, 5.41) is 1.51. The number of fused-ring (bicyclic) bond motifs is 1. The summed E-state index contributed by atoms with van der Waals surface area (Å²) < 4.78 is 11.0. The fourth-order valence-corrected chi connectivity index (χ4v) is 2.31. The molecule has 1 unspecified atom stereocenters. The van der Waals surface area contributed by atoms with Crippen molar-refractivity contribution in [1.29, 1.82) is 0 Å². The van der Waals surface area contributed by atoms with E-state index in [1.54, 1.807) is 13.2 Å². The quantitative estimate of drug-likeness (QED) is 0.801. The normalized spacial score (nSPS) is 12.6. The molecule has 2 aromatic heterocycles. The van der Waals surface area contributed by atoms with Gasteiger partial charge in [-0.05, 0) is 18.2 Å². The molecule has 4 nitrogen and oxygen atoms in total. The lowest BCUT2D eigenvalue weighted by Crippen LogP contribution is -2.13. The van der Waals surface area contributed by atoms with E-state index in [0.29, 0.717) is 22.2 Å². The molecule has 2 heterocycles. The number of para-hydroxylation sites is 1. The molecule has 102 valence electrons. The van der Waals surface area contributed by atoms with Crippen LogP contribution in [0.5, 0.6) is 5.88 Å². The SMILES string of the molecule is COc1ncc(Cl)cc1C(N)c1cc2ccccc2o1. The molecule has 0 saturated heterocycles. The van der Waals surface area contributed by atoms with Gasteiger partial charge in [0, 0.05) is 17.1 Å². The molecule has 1 atom stereocenters. The lowest BCUT2D eigenvalue weighted by atomic mass is 10.1. The molecular weight excluding hydrogens is 276 g/mol. The second-order valence-electron chi connectivity index (χ2n) is 4.42. The number of rotatable bonds is 3. The molecule has 0 radical (unpaired) electrons.